The maximum Gasteiger partial charge on any atom is 0.401 e. The average molecular weight is 2070 g/mol. The van der Waals surface area contributed by atoms with Crippen molar-refractivity contribution < 1.29 is 73.5 Å². The van der Waals surface area contributed by atoms with E-state index in [1.54, 1.807) is 4.90 Å². The number of piperazine rings is 5. The van der Waals surface area contributed by atoms with Gasteiger partial charge in [-0.05, 0) is 295 Å². The molecule has 0 aromatic carbocycles. The number of carbonyl (C=O) groups excluding carboxylic acids is 2. The number of fused-ring (bicyclic) bond motifs is 4. The van der Waals surface area contributed by atoms with Crippen LogP contribution in [0.1, 0.15) is 301 Å². The Morgan fingerprint density at radius 1 is 0.361 bits per heavy atom. The summed E-state index contributed by atoms with van der Waals surface area (Å²) in [5.41, 5.74) is 1.12. The molecular formula is C109H212F9N19O7. The van der Waals surface area contributed by atoms with Gasteiger partial charge in [-0.25, -0.2) is 26.3 Å². The molecule has 26 nitrogen and oxygen atoms in total. The van der Waals surface area contributed by atoms with Crippen molar-refractivity contribution in [2.75, 3.05) is 249 Å². The second-order valence-electron chi connectivity index (χ2n) is 53.9. The lowest BCUT2D eigenvalue weighted by molar-refractivity contribution is -0.195. The van der Waals surface area contributed by atoms with Crippen molar-refractivity contribution in [2.45, 2.75) is 429 Å². The van der Waals surface area contributed by atoms with Gasteiger partial charge in [0.2, 0.25) is 11.8 Å². The number of nitrogens with zero attached hydrogens (tertiary/aromatic N) is 18. The number of piperidine rings is 2. The first-order valence-electron chi connectivity index (χ1n) is 54.1. The summed E-state index contributed by atoms with van der Waals surface area (Å²) in [7, 11) is 2.19. The Labute approximate surface area is 870 Å². The summed E-state index contributed by atoms with van der Waals surface area (Å²) < 4.78 is 126. The normalized spacial score (nSPS) is 25.8. The molecule has 15 fully saturated rings. The van der Waals surface area contributed by atoms with E-state index in [1.165, 1.54) is 68.3 Å². The third kappa shape index (κ3) is 52.4. The van der Waals surface area contributed by atoms with Gasteiger partial charge in [-0.15, -0.1) is 0 Å². The van der Waals surface area contributed by atoms with Gasteiger partial charge in [0, 0.05) is 276 Å². The summed E-state index contributed by atoms with van der Waals surface area (Å²) in [6.07, 6.45) is 0.471. The zero-order chi connectivity index (χ0) is 111. The highest BCUT2D eigenvalue weighted by Gasteiger charge is 2.46. The lowest BCUT2D eigenvalue weighted by Crippen LogP contribution is -2.61. The number of β-amino-alcohol motifs (C(OH)–C–C–N with tert-alkyl or cyclic N) is 2. The maximum atomic E-state index is 12.7. The number of morpholine rings is 3. The summed E-state index contributed by atoms with van der Waals surface area (Å²) in [6, 6.07) is 4.30. The zero-order valence-corrected chi connectivity index (χ0v) is 97.8. The number of hydrogen-bond donors (Lipinski definition) is 3. The Morgan fingerprint density at radius 3 is 0.944 bits per heavy atom. The molecule has 0 aromatic rings. The first-order chi connectivity index (χ1) is 65.4. The van der Waals surface area contributed by atoms with Gasteiger partial charge in [-0.3, -0.25) is 73.3 Å². The molecule has 15 rings (SSSR count). The van der Waals surface area contributed by atoms with Crippen LogP contribution in [-0.4, -0.2) is 478 Å². The molecule has 0 aromatic heterocycles. The molecule has 15 saturated heterocycles. The van der Waals surface area contributed by atoms with Gasteiger partial charge in [0.25, 0.3) is 18.8 Å². The smallest absolute Gasteiger partial charge is 0.392 e. The molecule has 2 amide bonds. The first-order valence-corrected chi connectivity index (χ1v) is 54.1. The van der Waals surface area contributed by atoms with E-state index in [-0.39, 0.29) is 108 Å². The summed E-state index contributed by atoms with van der Waals surface area (Å²) >= 11 is 0. The molecule has 144 heavy (non-hydrogen) atoms. The monoisotopic (exact) mass is 2070 g/mol. The van der Waals surface area contributed by atoms with E-state index in [9.17, 15) is 59.3 Å². The number of alkyl halides is 9. The minimum absolute atomic E-state index is 0.0181. The molecule has 0 aliphatic carbocycles. The van der Waals surface area contributed by atoms with E-state index in [0.717, 1.165) is 137 Å². The van der Waals surface area contributed by atoms with Crippen molar-refractivity contribution in [2.24, 2.45) is 5.41 Å². The molecule has 15 aliphatic heterocycles. The van der Waals surface area contributed by atoms with Crippen molar-refractivity contribution in [3.63, 3.8) is 0 Å². The summed E-state index contributed by atoms with van der Waals surface area (Å²) in [4.78, 5) is 57.2. The summed E-state index contributed by atoms with van der Waals surface area (Å²) in [6.45, 7) is 105. The number of amides is 2. The van der Waals surface area contributed by atoms with Crippen LogP contribution >= 0.6 is 0 Å². The zero-order valence-electron chi connectivity index (χ0n) is 97.8. The Balaban J connectivity index is 0.000000405. The molecular weight excluding hydrogens is 1860 g/mol. The molecule has 2 unspecified atom stereocenters. The van der Waals surface area contributed by atoms with Crippen molar-refractivity contribution in [1.82, 2.24) is 83.7 Å². The van der Waals surface area contributed by atoms with Gasteiger partial charge in [0.1, 0.15) is 12.0 Å². The number of hydrogen-bond acceptors (Lipinski definition) is 24. The number of carbonyl (C=O) groups is 2. The van der Waals surface area contributed by atoms with E-state index in [4.69, 9.17) is 24.7 Å². The molecule has 848 valence electrons. The number of halogens is 9. The Bertz CT molecular complexity index is 3560. The van der Waals surface area contributed by atoms with Crippen LogP contribution in [0.15, 0.2) is 0 Å². The third-order valence-electron chi connectivity index (χ3n) is 29.3. The van der Waals surface area contributed by atoms with Crippen molar-refractivity contribution in [3.05, 3.63) is 0 Å². The fourth-order valence-corrected chi connectivity index (χ4v) is 19.3. The number of aliphatic hydroxyl groups excluding tert-OH is 2. The van der Waals surface area contributed by atoms with Gasteiger partial charge < -0.3 is 44.4 Å². The second-order valence-corrected chi connectivity index (χ2v) is 53.9. The highest BCUT2D eigenvalue weighted by atomic mass is 19.4. The average Bonchev–Trinajstić information content (AvgIpc) is 1.01. The van der Waals surface area contributed by atoms with Crippen LogP contribution in [0.4, 0.5) is 39.5 Å². The molecule has 15 heterocycles. The molecule has 0 saturated carbocycles. The van der Waals surface area contributed by atoms with Crippen LogP contribution in [0.2, 0.25) is 0 Å². The van der Waals surface area contributed by atoms with Gasteiger partial charge in [-0.2, -0.15) is 23.7 Å². The summed E-state index contributed by atoms with van der Waals surface area (Å²) in [5.74, 6) is -2.41. The van der Waals surface area contributed by atoms with Crippen LogP contribution in [0.3, 0.4) is 0 Å². The van der Waals surface area contributed by atoms with Crippen molar-refractivity contribution in [1.29, 1.82) is 10.5 Å². The Kier molecular flexibility index (Phi) is 53.9. The largest absolute Gasteiger partial charge is 0.401 e. The number of rotatable bonds is 5. The molecule has 6 atom stereocenters. The van der Waals surface area contributed by atoms with Crippen LogP contribution in [-0.2, 0) is 23.8 Å². The van der Waals surface area contributed by atoms with E-state index in [0.29, 0.717) is 98.7 Å². The quantitative estimate of drug-likeness (QED) is 0.218. The van der Waals surface area contributed by atoms with E-state index in [1.807, 2.05) is 77.0 Å². The molecule has 0 radical (unpaired) electrons. The summed E-state index contributed by atoms with van der Waals surface area (Å²) in [5, 5.41) is 39.7. The highest BCUT2D eigenvalue weighted by molar-refractivity contribution is 5.80. The Hall–Kier alpha value is -3.51. The van der Waals surface area contributed by atoms with E-state index >= 15 is 0 Å². The number of likely N-dealkylation sites (N-methyl/N-ethyl adjacent to an activating group) is 1. The fourth-order valence-electron chi connectivity index (χ4n) is 19.3. The topological polar surface area (TPSA) is 214 Å². The predicted molar refractivity (Wildman–Crippen MR) is 570 cm³/mol. The second kappa shape index (κ2) is 57.6. The third-order valence-corrected chi connectivity index (χ3v) is 29.3. The van der Waals surface area contributed by atoms with Crippen LogP contribution in [0.5, 0.6) is 0 Å². The first kappa shape index (κ1) is 135. The van der Waals surface area contributed by atoms with Gasteiger partial charge in [0.15, 0.2) is 0 Å². The molecule has 0 spiro atoms. The fraction of sp³-hybridized carbons (Fsp3) is 0.963. The van der Waals surface area contributed by atoms with Crippen LogP contribution < -0.4 is 5.32 Å². The number of nitrogens with one attached hydrogen (secondary N) is 1. The van der Waals surface area contributed by atoms with Gasteiger partial charge in [0.05, 0.1) is 88.1 Å². The SMILES string of the molecule is CC(C)(C)N1CC2CCC(C1)O2.CC(C)(C)N1CCC(C#N)(C#N)CC1.CC(C)(C)N1CCC(F)(F)C1.CC(C)(C)N1CCN(CC(F)(F)F)CC1.CC(C)(C)N1CCN(CC(F)F)CC1.CC(C)(C)N1CCN(CC(F)F)CC1=O.CC(C)(C)N1CCNCC1.CC(C)(C)N1CCOCC1=O.CC(C)(C)N1CC[C@@H](O)C1.CC(C)(C)N1CC[C@H](O)C1.CC(C)(C)N1C[C@H]2C[C@@H](C1)O2.CN1CCN(C(C)(C)C)CC1. The lowest BCUT2D eigenvalue weighted by Gasteiger charge is -2.51. The number of nitriles is 2. The van der Waals surface area contributed by atoms with Crippen molar-refractivity contribution >= 4 is 11.8 Å². The van der Waals surface area contributed by atoms with Crippen LogP contribution in [0, 0.1) is 28.1 Å². The minimum Gasteiger partial charge on any atom is -0.392 e. The van der Waals surface area contributed by atoms with Crippen LogP contribution in [0.25, 0.3) is 0 Å². The van der Waals surface area contributed by atoms with E-state index in [2.05, 4.69) is 260 Å². The maximum absolute atomic E-state index is 12.7. The predicted octanol–water partition coefficient (Wildman–Crippen LogP) is 15.8. The number of ether oxygens (including phenoxy) is 3. The van der Waals surface area contributed by atoms with Gasteiger partial charge >= 0.3 is 6.18 Å². The van der Waals surface area contributed by atoms with Crippen molar-refractivity contribution in [3.8, 4) is 12.1 Å². The molecule has 15 aliphatic rings. The molecule has 4 bridgehead atoms. The number of likely N-dealkylation sites (tertiary alicyclic amines) is 5. The van der Waals surface area contributed by atoms with E-state index < -0.39 is 36.9 Å². The standard InChI is InChI=1S/C11H17N3.C10H19F3N2.C10H18F2N2O.C10H20F2N2.C10H19NO.C9H20N2.C9H17NO.C8H15F2N.C8H18N2.C8H15NO2.2C8H17NO/c1-10(2,3)14-6-4-11(8-12,9-13)5-7-14;1-9(2,3)15-6-4-14(5-7-15)8-10(11,12)13;1-10(2,3)14-5-4-13(6-8(11)12)7-9(14)15;1-10(2,3)14-6-4-13(5-7-14)8-9(11)12;1-10(2,3)11-6-8-4-5-9(7-11)12-8;1-9(2,3)11-7-5-10(4)6-8-11;1-9(2,3)10-5-7-4-8(6-10)11-7;1-7(2,3)11-5-4-8(9,10)6-11;1-8(2,3)10-6-4-9-5-7-10;1-8(2,3)9-4-5-11-6-7(9)10;2*1-8(2,3)9-5-4-7(10)6-9/h4-7H2,1-3H3;4-8H2,1-3H3;8H,4-7H2,1-3H3;9H,4-8H2,1-3H3;8-9H,4-7H2,1-3H3;5-8H2,1-4H3;7-8H,4-6H2,1-3H3;4-6H2,1-3H3;9H,4-7H2,1-3H3;4-6H2,1-3H3;2*7,10H,4-6H2,1-3H3/t;;;;;;7-,8+;;;;2*7-/m..........10/s1. The molecule has 3 N–H and O–H groups in total. The highest BCUT2D eigenvalue weighted by Crippen LogP contribution is 2.37. The lowest BCUT2D eigenvalue weighted by atomic mass is 9.80. The number of aliphatic hydroxyl groups is 2. The van der Waals surface area contributed by atoms with Gasteiger partial charge in [-0.1, -0.05) is 0 Å². The Morgan fingerprint density at radius 2 is 0.674 bits per heavy atom. The molecule has 35 heteroatoms. The minimum atomic E-state index is -4.07.